The van der Waals surface area contributed by atoms with Crippen LogP contribution in [0.25, 0.3) is 0 Å². The Morgan fingerprint density at radius 1 is 0.852 bits per heavy atom. The minimum absolute atomic E-state index is 0.0590. The number of carbonyl (C=O) groups is 1. The van der Waals surface area contributed by atoms with Gasteiger partial charge in [0.1, 0.15) is 0 Å². The number of nitrogens with one attached hydrogen (secondary N) is 1. The average molecular weight is 411 g/mol. The van der Waals surface area contributed by atoms with Crippen molar-refractivity contribution in [2.24, 2.45) is 0 Å². The van der Waals surface area contributed by atoms with Crippen molar-refractivity contribution >= 4 is 21.4 Å². The van der Waals surface area contributed by atoms with Crippen molar-refractivity contribution in [2.45, 2.75) is 17.2 Å². The van der Waals surface area contributed by atoms with Crippen LogP contribution in [-0.2, 0) is 22.2 Å². The van der Waals surface area contributed by atoms with Crippen LogP contribution in [0.2, 0.25) is 0 Å². The maximum atomic E-state index is 12.8. The summed E-state index contributed by atoms with van der Waals surface area (Å²) in [5.41, 5.74) is -3.98. The Morgan fingerprint density at radius 3 is 1.67 bits per heavy atom. The summed E-state index contributed by atoms with van der Waals surface area (Å²) in [4.78, 5) is 12.0. The largest absolute Gasteiger partial charge is 0.416 e. The summed E-state index contributed by atoms with van der Waals surface area (Å²) in [6.07, 6.45) is -9.15. The van der Waals surface area contributed by atoms with Gasteiger partial charge in [-0.2, -0.15) is 26.3 Å². The van der Waals surface area contributed by atoms with Crippen molar-refractivity contribution in [1.82, 2.24) is 0 Å². The number of amides is 1. The number of benzene rings is 2. The predicted octanol–water partition coefficient (Wildman–Crippen LogP) is 4.38. The zero-order valence-electron chi connectivity index (χ0n) is 13.4. The third-order valence-electron chi connectivity index (χ3n) is 3.39. The fourth-order valence-corrected chi connectivity index (χ4v) is 2.71. The van der Waals surface area contributed by atoms with Crippen LogP contribution in [0, 0.1) is 0 Å². The van der Waals surface area contributed by atoms with Crippen LogP contribution in [0.15, 0.2) is 47.4 Å². The first-order valence-electron chi connectivity index (χ1n) is 7.09. The molecule has 0 radical (unpaired) electrons. The van der Waals surface area contributed by atoms with Gasteiger partial charge in [0.25, 0.3) is 5.91 Å². The Balaban J connectivity index is 2.37. The van der Waals surface area contributed by atoms with Gasteiger partial charge in [-0.25, -0.2) is 8.42 Å². The number of alkyl halides is 6. The number of sulfone groups is 1. The van der Waals surface area contributed by atoms with E-state index in [1.807, 2.05) is 5.32 Å². The number of carbonyl (C=O) groups excluding carboxylic acids is 1. The molecule has 11 heteroatoms. The Kier molecular flexibility index (Phi) is 5.28. The second kappa shape index (κ2) is 6.87. The molecule has 0 aromatic heterocycles. The number of anilines is 1. The highest BCUT2D eigenvalue weighted by atomic mass is 32.2. The van der Waals surface area contributed by atoms with Crippen molar-refractivity contribution in [3.8, 4) is 0 Å². The first-order chi connectivity index (χ1) is 12.2. The zero-order valence-corrected chi connectivity index (χ0v) is 14.3. The molecule has 0 unspecified atom stereocenters. The summed E-state index contributed by atoms with van der Waals surface area (Å²) in [6.45, 7) is 0. The highest BCUT2D eigenvalue weighted by molar-refractivity contribution is 7.90. The molecule has 0 bridgehead atoms. The van der Waals surface area contributed by atoms with E-state index >= 15 is 0 Å². The van der Waals surface area contributed by atoms with Crippen LogP contribution in [0.1, 0.15) is 21.5 Å². The third kappa shape index (κ3) is 5.22. The molecule has 4 nitrogen and oxygen atoms in total. The van der Waals surface area contributed by atoms with E-state index in [0.717, 1.165) is 30.5 Å². The van der Waals surface area contributed by atoms with Gasteiger partial charge in [-0.05, 0) is 42.5 Å². The lowest BCUT2D eigenvalue weighted by Crippen LogP contribution is -2.16. The average Bonchev–Trinajstić information content (AvgIpc) is 2.52. The second-order valence-corrected chi connectivity index (χ2v) is 7.56. The molecule has 2 aromatic carbocycles. The molecular weight excluding hydrogens is 400 g/mol. The van der Waals surface area contributed by atoms with Crippen molar-refractivity contribution in [3.05, 3.63) is 59.2 Å². The molecule has 2 aromatic rings. The second-order valence-electron chi connectivity index (χ2n) is 5.55. The minimum atomic E-state index is -5.04. The van der Waals surface area contributed by atoms with E-state index in [0.29, 0.717) is 12.1 Å². The highest BCUT2D eigenvalue weighted by Crippen LogP contribution is 2.37. The lowest BCUT2D eigenvalue weighted by atomic mass is 10.1. The minimum Gasteiger partial charge on any atom is -0.322 e. The zero-order chi connectivity index (χ0) is 20.6. The predicted molar refractivity (Wildman–Crippen MR) is 84.0 cm³/mol. The summed E-state index contributed by atoms with van der Waals surface area (Å²) in [5.74, 6) is -0.998. The summed E-state index contributed by atoms with van der Waals surface area (Å²) < 4.78 is 99.6. The van der Waals surface area contributed by atoms with Crippen LogP contribution >= 0.6 is 0 Å². The molecular formula is C16H11F6NO3S. The van der Waals surface area contributed by atoms with E-state index in [1.165, 1.54) is 0 Å². The van der Waals surface area contributed by atoms with Gasteiger partial charge in [0.05, 0.1) is 16.0 Å². The van der Waals surface area contributed by atoms with Crippen molar-refractivity contribution < 1.29 is 39.6 Å². The normalized spacial score (nSPS) is 12.7. The van der Waals surface area contributed by atoms with E-state index in [4.69, 9.17) is 0 Å². The van der Waals surface area contributed by atoms with Crippen molar-refractivity contribution in [3.63, 3.8) is 0 Å². The number of hydrogen-bond acceptors (Lipinski definition) is 3. The first kappa shape index (κ1) is 20.7. The molecule has 0 saturated heterocycles. The number of halogens is 6. The fourth-order valence-electron chi connectivity index (χ4n) is 2.08. The van der Waals surface area contributed by atoms with E-state index in [2.05, 4.69) is 0 Å². The van der Waals surface area contributed by atoms with Crippen LogP contribution in [0.5, 0.6) is 0 Å². The monoisotopic (exact) mass is 411 g/mol. The Labute approximate surface area is 149 Å². The summed E-state index contributed by atoms with van der Waals surface area (Å²) in [6, 6.07) is 5.05. The van der Waals surface area contributed by atoms with Crippen LogP contribution in [0.4, 0.5) is 32.0 Å². The van der Waals surface area contributed by atoms with Gasteiger partial charge in [0, 0.05) is 17.5 Å². The molecule has 1 N–H and O–H groups in total. The van der Waals surface area contributed by atoms with Gasteiger partial charge in [-0.1, -0.05) is 0 Å². The van der Waals surface area contributed by atoms with Gasteiger partial charge >= 0.3 is 12.4 Å². The maximum Gasteiger partial charge on any atom is 0.416 e. The number of hydrogen-bond donors (Lipinski definition) is 1. The van der Waals surface area contributed by atoms with Gasteiger partial charge in [-0.3, -0.25) is 4.79 Å². The summed E-state index contributed by atoms with van der Waals surface area (Å²) in [7, 11) is -3.53. The molecule has 0 aliphatic rings. The van der Waals surface area contributed by atoms with Gasteiger partial charge in [0.2, 0.25) is 0 Å². The summed E-state index contributed by atoms with van der Waals surface area (Å²) in [5, 5.41) is 1.95. The first-order valence-corrected chi connectivity index (χ1v) is 8.98. The van der Waals surface area contributed by atoms with E-state index in [-0.39, 0.29) is 16.5 Å². The quantitative estimate of drug-likeness (QED) is 0.763. The Bertz CT molecular complexity index is 931. The van der Waals surface area contributed by atoms with Crippen molar-refractivity contribution in [1.29, 1.82) is 0 Å². The molecule has 2 rings (SSSR count). The van der Waals surface area contributed by atoms with Crippen LogP contribution in [0.3, 0.4) is 0 Å². The van der Waals surface area contributed by atoms with Crippen molar-refractivity contribution in [2.75, 3.05) is 11.6 Å². The molecule has 146 valence electrons. The fraction of sp³-hybridized carbons (Fsp3) is 0.188. The Morgan fingerprint density at radius 2 is 1.30 bits per heavy atom. The standard InChI is InChI=1S/C16H11F6NO3S/c1-27(25,26)13-4-2-9(3-5-13)14(24)23-12-7-10(15(17,18)19)6-11(8-12)16(20,21)22/h2-8H,1H3,(H,23,24). The molecule has 27 heavy (non-hydrogen) atoms. The van der Waals surface area contributed by atoms with Gasteiger partial charge in [0.15, 0.2) is 9.84 Å². The van der Waals surface area contributed by atoms with Crippen LogP contribution < -0.4 is 5.32 Å². The summed E-state index contributed by atoms with van der Waals surface area (Å²) >= 11 is 0. The van der Waals surface area contributed by atoms with E-state index in [1.54, 1.807) is 0 Å². The Hall–Kier alpha value is -2.56. The maximum absolute atomic E-state index is 12.8. The van der Waals surface area contributed by atoms with Gasteiger partial charge in [-0.15, -0.1) is 0 Å². The van der Waals surface area contributed by atoms with E-state index in [9.17, 15) is 39.6 Å². The molecule has 1 amide bonds. The number of rotatable bonds is 3. The molecule has 0 aliphatic heterocycles. The molecule has 0 atom stereocenters. The smallest absolute Gasteiger partial charge is 0.322 e. The lowest BCUT2D eigenvalue weighted by Gasteiger charge is -2.15. The molecule has 0 fully saturated rings. The lowest BCUT2D eigenvalue weighted by molar-refractivity contribution is -0.143. The third-order valence-corrected chi connectivity index (χ3v) is 4.52. The van der Waals surface area contributed by atoms with E-state index < -0.39 is 44.9 Å². The highest BCUT2D eigenvalue weighted by Gasteiger charge is 2.37. The topological polar surface area (TPSA) is 63.2 Å². The SMILES string of the molecule is CS(=O)(=O)c1ccc(C(=O)Nc2cc(C(F)(F)F)cc(C(F)(F)F)c2)cc1. The molecule has 0 spiro atoms. The molecule has 0 aliphatic carbocycles. The molecule has 0 heterocycles. The van der Waals surface area contributed by atoms with Gasteiger partial charge < -0.3 is 5.32 Å². The molecule has 0 saturated carbocycles. The van der Waals surface area contributed by atoms with Crippen LogP contribution in [-0.4, -0.2) is 20.6 Å².